The maximum Gasteiger partial charge on any atom is 0.279 e. The molecule has 8 nitrogen and oxygen atoms in total. The van der Waals surface area contributed by atoms with E-state index in [1.807, 2.05) is 60.7 Å². The smallest absolute Gasteiger partial charge is 0.279 e. The maximum atomic E-state index is 13.4. The van der Waals surface area contributed by atoms with Gasteiger partial charge in [0.2, 0.25) is 0 Å². The molecular weight excluding hydrogens is 502 g/mol. The molecule has 38 heavy (non-hydrogen) atoms. The van der Waals surface area contributed by atoms with Crippen LogP contribution in [0.3, 0.4) is 0 Å². The monoisotopic (exact) mass is 537 g/mol. The summed E-state index contributed by atoms with van der Waals surface area (Å²) in [6, 6.07) is 16.5. The number of carbonyl (C=O) groups is 1. The molecule has 2 aromatic carbocycles. The highest BCUT2D eigenvalue weighted by atomic mass is 32.2. The van der Waals surface area contributed by atoms with Gasteiger partial charge in [0.25, 0.3) is 16.1 Å². The molecule has 0 radical (unpaired) electrons. The highest BCUT2D eigenvalue weighted by Gasteiger charge is 2.45. The average Bonchev–Trinajstić information content (AvgIpc) is 3.26. The van der Waals surface area contributed by atoms with Crippen molar-refractivity contribution < 1.29 is 23.1 Å². The number of benzene rings is 2. The lowest BCUT2D eigenvalue weighted by molar-refractivity contribution is 0.0929. The number of nitrogens with one attached hydrogen (secondary N) is 2. The van der Waals surface area contributed by atoms with Crippen LogP contribution in [0.25, 0.3) is 0 Å². The Hall–Kier alpha value is -2.98. The summed E-state index contributed by atoms with van der Waals surface area (Å²) < 4.78 is 36.4. The van der Waals surface area contributed by atoms with E-state index in [2.05, 4.69) is 10.0 Å². The van der Waals surface area contributed by atoms with Crippen LogP contribution >= 0.6 is 0 Å². The number of amides is 1. The predicted molar refractivity (Wildman–Crippen MR) is 146 cm³/mol. The summed E-state index contributed by atoms with van der Waals surface area (Å²) in [7, 11) is -2.27. The number of rotatable bonds is 8. The van der Waals surface area contributed by atoms with E-state index in [-0.39, 0.29) is 17.7 Å². The van der Waals surface area contributed by atoms with Crippen LogP contribution < -0.4 is 14.8 Å². The standard InChI is InChI=1S/C29H35N3O5S/c1-37-26-14-8-7-13-24(26)28(34)30-20-29(22-10-3-2-4-11-22)15-17-32(18-16-29)38(35,36)31-27-23-12-6-5-9-21(23)19-25(27)33/h2-14,21,23,25,27,31,33H,15-20H2,1H3,(H,30,34)/t21?,23?,25-,27+/m1/s1. The number of aliphatic hydroxyl groups is 1. The third-order valence-electron chi connectivity index (χ3n) is 8.27. The van der Waals surface area contributed by atoms with Gasteiger partial charge in [-0.1, -0.05) is 66.8 Å². The van der Waals surface area contributed by atoms with Gasteiger partial charge in [0, 0.05) is 31.0 Å². The molecule has 0 aromatic heterocycles. The number of hydrogen-bond donors (Lipinski definition) is 3. The average molecular weight is 538 g/mol. The van der Waals surface area contributed by atoms with Crippen LogP contribution in [0, 0.1) is 11.8 Å². The van der Waals surface area contributed by atoms with E-state index in [1.54, 1.807) is 18.2 Å². The number of piperidine rings is 1. The zero-order chi connectivity index (χ0) is 26.8. The van der Waals surface area contributed by atoms with Crippen molar-refractivity contribution in [1.82, 2.24) is 14.3 Å². The summed E-state index contributed by atoms with van der Waals surface area (Å²) in [4.78, 5) is 13.1. The molecule has 2 fully saturated rings. The molecular formula is C29H35N3O5S. The Kier molecular flexibility index (Phi) is 7.72. The number of carbonyl (C=O) groups excluding carboxylic acids is 1. The molecule has 9 heteroatoms. The van der Waals surface area contributed by atoms with Gasteiger partial charge in [-0.25, -0.2) is 0 Å². The molecule has 3 N–H and O–H groups in total. The van der Waals surface area contributed by atoms with Gasteiger partial charge >= 0.3 is 0 Å². The summed E-state index contributed by atoms with van der Waals surface area (Å²) in [5.74, 6) is 0.365. The molecule has 1 heterocycles. The number of aliphatic hydroxyl groups excluding tert-OH is 1. The minimum absolute atomic E-state index is 0.0526. The molecule has 2 aliphatic carbocycles. The fraction of sp³-hybridized carbons (Fsp3) is 0.414. The Morgan fingerprint density at radius 2 is 1.74 bits per heavy atom. The topological polar surface area (TPSA) is 108 Å². The van der Waals surface area contributed by atoms with E-state index >= 15 is 0 Å². The summed E-state index contributed by atoms with van der Waals surface area (Å²) in [5, 5.41) is 13.7. The van der Waals surface area contributed by atoms with Crippen molar-refractivity contribution in [3.8, 4) is 5.75 Å². The molecule has 4 atom stereocenters. The fourth-order valence-electron chi connectivity index (χ4n) is 6.07. The summed E-state index contributed by atoms with van der Waals surface area (Å²) in [5.41, 5.74) is 1.11. The molecule has 2 aromatic rings. The first-order valence-electron chi connectivity index (χ1n) is 13.1. The number of methoxy groups -OCH3 is 1. The van der Waals surface area contributed by atoms with E-state index in [0.29, 0.717) is 50.2 Å². The minimum atomic E-state index is -3.80. The first-order valence-corrected chi connectivity index (χ1v) is 14.5. The van der Waals surface area contributed by atoms with E-state index < -0.39 is 27.8 Å². The zero-order valence-electron chi connectivity index (χ0n) is 21.5. The van der Waals surface area contributed by atoms with Crippen LogP contribution in [0.5, 0.6) is 5.75 Å². The third-order valence-corrected chi connectivity index (χ3v) is 9.88. The van der Waals surface area contributed by atoms with Crippen LogP contribution in [0.1, 0.15) is 35.2 Å². The highest BCUT2D eigenvalue weighted by molar-refractivity contribution is 7.87. The Morgan fingerprint density at radius 1 is 1.05 bits per heavy atom. The van der Waals surface area contributed by atoms with Crippen LogP contribution in [-0.4, -0.2) is 62.6 Å². The molecule has 5 rings (SSSR count). The fourth-order valence-corrected chi connectivity index (χ4v) is 7.54. The quantitative estimate of drug-likeness (QED) is 0.480. The van der Waals surface area contributed by atoms with Crippen molar-refractivity contribution >= 4 is 16.1 Å². The summed E-state index contributed by atoms with van der Waals surface area (Å²) in [6.45, 7) is 0.986. The van der Waals surface area contributed by atoms with Crippen molar-refractivity contribution in [1.29, 1.82) is 0 Å². The second-order valence-electron chi connectivity index (χ2n) is 10.4. The Balaban J connectivity index is 1.29. The second kappa shape index (κ2) is 11.0. The molecule has 3 aliphatic rings. The van der Waals surface area contributed by atoms with Gasteiger partial charge in [0.05, 0.1) is 24.8 Å². The number of hydrogen-bond acceptors (Lipinski definition) is 5. The summed E-state index contributed by atoms with van der Waals surface area (Å²) >= 11 is 0. The van der Waals surface area contributed by atoms with E-state index in [4.69, 9.17) is 4.74 Å². The Morgan fingerprint density at radius 3 is 2.47 bits per heavy atom. The van der Waals surface area contributed by atoms with Gasteiger partial charge in [-0.15, -0.1) is 0 Å². The first-order chi connectivity index (χ1) is 18.3. The van der Waals surface area contributed by atoms with Gasteiger partial charge in [-0.2, -0.15) is 17.4 Å². The van der Waals surface area contributed by atoms with Gasteiger partial charge in [0.1, 0.15) is 5.75 Å². The largest absolute Gasteiger partial charge is 0.496 e. The Labute approximate surface area is 224 Å². The second-order valence-corrected chi connectivity index (χ2v) is 12.1. The van der Waals surface area contributed by atoms with Gasteiger partial charge in [-0.05, 0) is 42.9 Å². The molecule has 1 saturated heterocycles. The maximum absolute atomic E-state index is 13.4. The van der Waals surface area contributed by atoms with Gasteiger partial charge in [0.15, 0.2) is 0 Å². The Bertz CT molecular complexity index is 1300. The van der Waals surface area contributed by atoms with Crippen LogP contribution in [0.4, 0.5) is 0 Å². The molecule has 1 amide bonds. The van der Waals surface area contributed by atoms with Crippen LogP contribution in [0.15, 0.2) is 78.9 Å². The van der Waals surface area contributed by atoms with E-state index in [1.165, 1.54) is 11.4 Å². The lowest BCUT2D eigenvalue weighted by Gasteiger charge is -2.42. The number of allylic oxidation sites excluding steroid dienone is 3. The lowest BCUT2D eigenvalue weighted by Crippen LogP contribution is -2.55. The van der Waals surface area contributed by atoms with E-state index in [0.717, 1.165) is 5.56 Å². The van der Waals surface area contributed by atoms with E-state index in [9.17, 15) is 18.3 Å². The third kappa shape index (κ3) is 5.29. The number of fused-ring (bicyclic) bond motifs is 1. The van der Waals surface area contributed by atoms with Crippen molar-refractivity contribution in [3.05, 3.63) is 90.0 Å². The lowest BCUT2D eigenvalue weighted by atomic mass is 9.73. The molecule has 0 bridgehead atoms. The number of nitrogens with zero attached hydrogens (tertiary/aromatic N) is 1. The SMILES string of the molecule is COc1ccccc1C(=O)NCC1(c2ccccc2)CCN(S(=O)(=O)N[C@H]2C3C=CC=CC3C[C@H]2O)CC1. The van der Waals surface area contributed by atoms with Crippen molar-refractivity contribution in [2.24, 2.45) is 11.8 Å². The molecule has 1 saturated carbocycles. The van der Waals surface area contributed by atoms with Crippen molar-refractivity contribution in [2.75, 3.05) is 26.7 Å². The van der Waals surface area contributed by atoms with Crippen LogP contribution in [-0.2, 0) is 15.6 Å². The van der Waals surface area contributed by atoms with Crippen molar-refractivity contribution in [3.63, 3.8) is 0 Å². The van der Waals surface area contributed by atoms with Gasteiger partial charge < -0.3 is 15.2 Å². The number of ether oxygens (including phenoxy) is 1. The van der Waals surface area contributed by atoms with Crippen LogP contribution in [0.2, 0.25) is 0 Å². The van der Waals surface area contributed by atoms with Crippen molar-refractivity contribution in [2.45, 2.75) is 36.8 Å². The zero-order valence-corrected chi connectivity index (χ0v) is 22.3. The molecule has 2 unspecified atom stereocenters. The first kappa shape index (κ1) is 26.6. The molecule has 0 spiro atoms. The van der Waals surface area contributed by atoms with Gasteiger partial charge in [-0.3, -0.25) is 4.79 Å². The highest BCUT2D eigenvalue weighted by Crippen LogP contribution is 2.39. The molecule has 202 valence electrons. The minimum Gasteiger partial charge on any atom is -0.496 e. The predicted octanol–water partition coefficient (Wildman–Crippen LogP) is 2.78. The number of para-hydroxylation sites is 1. The summed E-state index contributed by atoms with van der Waals surface area (Å²) in [6.07, 6.45) is 8.79. The molecule has 1 aliphatic heterocycles. The normalized spacial score (nSPS) is 26.6.